The van der Waals surface area contributed by atoms with Gasteiger partial charge in [-0.15, -0.1) is 0 Å². The average molecular weight is 450 g/mol. The van der Waals surface area contributed by atoms with Gasteiger partial charge in [0.25, 0.3) is 0 Å². The Labute approximate surface area is 193 Å². The van der Waals surface area contributed by atoms with Crippen molar-refractivity contribution in [1.82, 2.24) is 15.1 Å². The number of anilines is 1. The van der Waals surface area contributed by atoms with Crippen LogP contribution in [0.4, 0.5) is 11.5 Å². The molecule has 1 saturated heterocycles. The van der Waals surface area contributed by atoms with Gasteiger partial charge in [0.2, 0.25) is 11.8 Å². The number of aromatic nitrogens is 2. The van der Waals surface area contributed by atoms with E-state index < -0.39 is 11.5 Å². The molecule has 8 heteroatoms. The first-order valence-corrected chi connectivity index (χ1v) is 11.9. The number of aliphatic hydroxyl groups excluding tert-OH is 1. The average Bonchev–Trinajstić information content (AvgIpc) is 3.38. The van der Waals surface area contributed by atoms with E-state index in [4.69, 9.17) is 0 Å². The SMILES string of the molecule is CCc1cccc2c1C1(CCN(C(=O)C3C=Nc4[nH]ncc4C3C)CC1)C(=O)N2CC(C)O. The number of H-pyrrole nitrogens is 1. The molecule has 4 heterocycles. The number of piperidine rings is 1. The first-order chi connectivity index (χ1) is 15.9. The molecule has 2 N–H and O–H groups in total. The molecule has 3 atom stereocenters. The third-order valence-electron chi connectivity index (χ3n) is 7.64. The van der Waals surface area contributed by atoms with E-state index in [0.29, 0.717) is 25.9 Å². The fourth-order valence-corrected chi connectivity index (χ4v) is 5.84. The predicted molar refractivity (Wildman–Crippen MR) is 126 cm³/mol. The van der Waals surface area contributed by atoms with Gasteiger partial charge in [-0.1, -0.05) is 26.0 Å². The van der Waals surface area contributed by atoms with Crippen molar-refractivity contribution in [2.75, 3.05) is 24.5 Å². The van der Waals surface area contributed by atoms with E-state index in [-0.39, 0.29) is 30.2 Å². The number of nitrogens with one attached hydrogen (secondary N) is 1. The minimum Gasteiger partial charge on any atom is -0.392 e. The number of amides is 2. The number of aromatic amines is 1. The minimum atomic E-state index is -0.627. The second-order valence-corrected chi connectivity index (χ2v) is 9.60. The molecule has 5 rings (SSSR count). The Morgan fingerprint density at radius 2 is 2.09 bits per heavy atom. The standard InChI is InChI=1S/C25H31N5O3/c1-4-17-6-5-7-20-21(17)25(24(33)30(20)14-15(2)31)8-10-29(11-9-25)23(32)19-12-26-22-18(16(19)3)13-27-28-22/h5-7,12-13,15-16,19,31H,4,8-11,14H2,1-3H3,(H,27,28). The molecule has 3 aliphatic rings. The van der Waals surface area contributed by atoms with Crippen LogP contribution < -0.4 is 4.90 Å². The molecule has 1 spiro atoms. The lowest BCUT2D eigenvalue weighted by Gasteiger charge is -2.40. The predicted octanol–water partition coefficient (Wildman–Crippen LogP) is 2.70. The van der Waals surface area contributed by atoms with E-state index >= 15 is 0 Å². The minimum absolute atomic E-state index is 0.00158. The number of aryl methyl sites for hydroxylation is 1. The highest BCUT2D eigenvalue weighted by molar-refractivity contribution is 6.09. The second-order valence-electron chi connectivity index (χ2n) is 9.60. The van der Waals surface area contributed by atoms with Gasteiger partial charge in [-0.25, -0.2) is 4.99 Å². The summed E-state index contributed by atoms with van der Waals surface area (Å²) in [7, 11) is 0. The van der Waals surface area contributed by atoms with Gasteiger partial charge in [0.15, 0.2) is 5.82 Å². The van der Waals surface area contributed by atoms with Gasteiger partial charge in [0, 0.05) is 36.5 Å². The Morgan fingerprint density at radius 1 is 1.33 bits per heavy atom. The van der Waals surface area contributed by atoms with Crippen LogP contribution in [-0.4, -0.2) is 64.0 Å². The largest absolute Gasteiger partial charge is 0.392 e. The maximum atomic E-state index is 13.8. The van der Waals surface area contributed by atoms with Crippen LogP contribution >= 0.6 is 0 Å². The zero-order valence-corrected chi connectivity index (χ0v) is 19.4. The number of carbonyl (C=O) groups is 2. The number of nitrogens with zero attached hydrogens (tertiary/aromatic N) is 4. The van der Waals surface area contributed by atoms with Crippen LogP contribution in [0.1, 0.15) is 56.2 Å². The van der Waals surface area contributed by atoms with Crippen LogP contribution in [0.3, 0.4) is 0 Å². The van der Waals surface area contributed by atoms with Gasteiger partial charge in [-0.05, 0) is 43.4 Å². The van der Waals surface area contributed by atoms with Gasteiger partial charge in [-0.3, -0.25) is 14.7 Å². The molecule has 0 saturated carbocycles. The third kappa shape index (κ3) is 3.30. The fourth-order valence-electron chi connectivity index (χ4n) is 5.84. The van der Waals surface area contributed by atoms with Crippen LogP contribution in [0.2, 0.25) is 0 Å². The summed E-state index contributed by atoms with van der Waals surface area (Å²) in [6.45, 7) is 7.19. The van der Waals surface area contributed by atoms with E-state index in [0.717, 1.165) is 29.1 Å². The number of aliphatic hydroxyl groups is 1. The highest BCUT2D eigenvalue weighted by atomic mass is 16.3. The number of carbonyl (C=O) groups excluding carboxylic acids is 2. The summed E-state index contributed by atoms with van der Waals surface area (Å²) in [5.41, 5.74) is 3.53. The number of β-amino-alcohol motifs (C(OH)–C–C–N with tert-alkyl or cyclic N) is 1. The van der Waals surface area contributed by atoms with Crippen molar-refractivity contribution in [3.05, 3.63) is 41.1 Å². The van der Waals surface area contributed by atoms with Gasteiger partial charge in [0.05, 0.1) is 30.2 Å². The highest BCUT2D eigenvalue weighted by Gasteiger charge is 2.53. The Hall–Kier alpha value is -3.00. The van der Waals surface area contributed by atoms with E-state index in [2.05, 4.69) is 28.2 Å². The number of rotatable bonds is 4. The van der Waals surface area contributed by atoms with Crippen molar-refractivity contribution < 1.29 is 14.7 Å². The third-order valence-corrected chi connectivity index (χ3v) is 7.64. The van der Waals surface area contributed by atoms with Gasteiger partial charge >= 0.3 is 0 Å². The van der Waals surface area contributed by atoms with Crippen molar-refractivity contribution in [2.45, 2.75) is 57.5 Å². The van der Waals surface area contributed by atoms with Crippen molar-refractivity contribution >= 4 is 29.5 Å². The molecule has 0 bridgehead atoms. The molecule has 0 radical (unpaired) electrons. The van der Waals surface area contributed by atoms with Gasteiger partial charge < -0.3 is 14.9 Å². The summed E-state index contributed by atoms with van der Waals surface area (Å²) < 4.78 is 0. The number of fused-ring (bicyclic) bond motifs is 3. The molecule has 33 heavy (non-hydrogen) atoms. The summed E-state index contributed by atoms with van der Waals surface area (Å²) in [5, 5.41) is 17.0. The van der Waals surface area contributed by atoms with E-state index in [1.807, 2.05) is 24.0 Å². The van der Waals surface area contributed by atoms with Gasteiger partial charge in [0.1, 0.15) is 0 Å². The number of hydrogen-bond acceptors (Lipinski definition) is 5. The summed E-state index contributed by atoms with van der Waals surface area (Å²) in [4.78, 5) is 35.2. The summed E-state index contributed by atoms with van der Waals surface area (Å²) in [6.07, 6.45) is 4.89. The molecular formula is C25H31N5O3. The van der Waals surface area contributed by atoms with Crippen molar-refractivity contribution in [1.29, 1.82) is 0 Å². The second kappa shape index (κ2) is 8.09. The monoisotopic (exact) mass is 449 g/mol. The van der Waals surface area contributed by atoms with Crippen LogP contribution in [0.25, 0.3) is 0 Å². The molecule has 2 aromatic rings. The fraction of sp³-hybridized carbons (Fsp3) is 0.520. The van der Waals surface area contributed by atoms with E-state index in [1.54, 1.807) is 24.2 Å². The number of benzene rings is 1. The molecule has 1 aromatic carbocycles. The normalized spacial score (nSPS) is 24.2. The smallest absolute Gasteiger partial charge is 0.237 e. The number of hydrogen-bond donors (Lipinski definition) is 2. The zero-order chi connectivity index (χ0) is 23.3. The summed E-state index contributed by atoms with van der Waals surface area (Å²) >= 11 is 0. The van der Waals surface area contributed by atoms with Crippen LogP contribution in [-0.2, 0) is 21.4 Å². The molecular weight excluding hydrogens is 418 g/mol. The topological polar surface area (TPSA) is 102 Å². The number of aliphatic imine (C=N–C) groups is 1. The zero-order valence-electron chi connectivity index (χ0n) is 19.4. The first kappa shape index (κ1) is 21.8. The maximum Gasteiger partial charge on any atom is 0.237 e. The van der Waals surface area contributed by atoms with Gasteiger partial charge in [-0.2, -0.15) is 5.10 Å². The Bertz CT molecular complexity index is 1110. The van der Waals surface area contributed by atoms with E-state index in [9.17, 15) is 14.7 Å². The molecule has 3 unspecified atom stereocenters. The Kier molecular flexibility index (Phi) is 5.35. The molecule has 0 aliphatic carbocycles. The van der Waals surface area contributed by atoms with Crippen LogP contribution in [0, 0.1) is 5.92 Å². The summed E-state index contributed by atoms with van der Waals surface area (Å²) in [5.74, 6) is 0.517. The van der Waals surface area contributed by atoms with Crippen LogP contribution in [0.5, 0.6) is 0 Å². The van der Waals surface area contributed by atoms with Crippen molar-refractivity contribution in [3.63, 3.8) is 0 Å². The molecule has 1 aromatic heterocycles. The first-order valence-electron chi connectivity index (χ1n) is 11.9. The molecule has 3 aliphatic heterocycles. The molecule has 174 valence electrons. The maximum absolute atomic E-state index is 13.8. The van der Waals surface area contributed by atoms with E-state index in [1.165, 1.54) is 5.56 Å². The Balaban J connectivity index is 1.40. The summed E-state index contributed by atoms with van der Waals surface area (Å²) in [6, 6.07) is 6.08. The number of likely N-dealkylation sites (tertiary alicyclic amines) is 1. The van der Waals surface area contributed by atoms with Crippen molar-refractivity contribution in [3.8, 4) is 0 Å². The Morgan fingerprint density at radius 3 is 2.79 bits per heavy atom. The quantitative estimate of drug-likeness (QED) is 0.749. The lowest BCUT2D eigenvalue weighted by atomic mass is 9.71. The highest BCUT2D eigenvalue weighted by Crippen LogP contribution is 2.50. The molecule has 1 fully saturated rings. The lowest BCUT2D eigenvalue weighted by Crippen LogP contribution is -2.52. The van der Waals surface area contributed by atoms with Crippen molar-refractivity contribution in [2.24, 2.45) is 10.9 Å². The lowest BCUT2D eigenvalue weighted by molar-refractivity contribution is -0.137. The molecule has 8 nitrogen and oxygen atoms in total. The molecule has 2 amide bonds. The van der Waals surface area contributed by atoms with Crippen LogP contribution in [0.15, 0.2) is 29.4 Å².